The van der Waals surface area contributed by atoms with Gasteiger partial charge in [-0.2, -0.15) is 0 Å². The van der Waals surface area contributed by atoms with Crippen molar-refractivity contribution in [1.82, 2.24) is 0 Å². The molecule has 0 saturated carbocycles. The van der Waals surface area contributed by atoms with Crippen LogP contribution in [0.4, 0.5) is 42.9 Å². The van der Waals surface area contributed by atoms with Gasteiger partial charge in [0.05, 0.1) is 5.41 Å². The highest BCUT2D eigenvalue weighted by atomic mass is 19.1. The molecule has 12 rings (SSSR count). The van der Waals surface area contributed by atoms with E-state index in [2.05, 4.69) is 168 Å². The van der Waals surface area contributed by atoms with E-state index in [1.54, 1.807) is 0 Å². The topological polar surface area (TPSA) is 6.48 Å². The summed E-state index contributed by atoms with van der Waals surface area (Å²) in [4.78, 5) is 4.39. The second-order valence-electron chi connectivity index (χ2n) is 16.7. The zero-order chi connectivity index (χ0) is 43.5. The minimum Gasteiger partial charge on any atom is -0.310 e. The number of nitrogens with zero attached hydrogens (tertiary/aromatic N) is 2. The predicted octanol–water partition coefficient (Wildman–Crippen LogP) is 16.7. The molecule has 11 aromatic rings. The molecule has 0 N–H and O–H groups in total. The SMILES string of the molecule is Fc1ccc(N(c2ccccc2)c2ccc3cc4c(cc3c2)C(c2ccccc2)(c2ccccc2)c2c-4c3ccccc3c3cc(N(c4ccccc4)c4ccc(F)cc4)ccc23)cc1. The second-order valence-corrected chi connectivity index (χ2v) is 16.7. The fourth-order valence-corrected chi connectivity index (χ4v) is 10.4. The monoisotopic (exact) mass is 838 g/mol. The van der Waals surface area contributed by atoms with Crippen molar-refractivity contribution in [3.8, 4) is 11.1 Å². The number of benzene rings is 11. The largest absolute Gasteiger partial charge is 0.310 e. The Bertz CT molecular complexity index is 3500. The fraction of sp³-hybridized carbons (Fsp3) is 0.0164. The average Bonchev–Trinajstić information content (AvgIpc) is 3.66. The molecule has 0 aromatic heterocycles. The minimum atomic E-state index is -0.715. The van der Waals surface area contributed by atoms with Gasteiger partial charge in [-0.05, 0) is 175 Å². The first-order valence-corrected chi connectivity index (χ1v) is 22.0. The number of hydrogen-bond donors (Lipinski definition) is 0. The number of halogens is 2. The van der Waals surface area contributed by atoms with Gasteiger partial charge in [0.15, 0.2) is 0 Å². The van der Waals surface area contributed by atoms with E-state index >= 15 is 0 Å². The van der Waals surface area contributed by atoms with Crippen LogP contribution in [0.3, 0.4) is 0 Å². The van der Waals surface area contributed by atoms with Crippen LogP contribution in [0.25, 0.3) is 43.4 Å². The maximum absolute atomic E-state index is 14.4. The van der Waals surface area contributed by atoms with Crippen LogP contribution in [0.1, 0.15) is 22.3 Å². The van der Waals surface area contributed by atoms with E-state index < -0.39 is 5.41 Å². The standard InChI is InChI=1S/C61H40F2N2/c62-45-26-31-49(32-27-45)64(47-19-9-3-10-20-47)51-30-25-41-38-57-58(39-42(41)37-51)61(43-15-5-1-6-16-43,44-17-7-2-8-18-44)60-55-36-35-52(40-56(55)53-23-13-14-24-54(53)59(57)60)65(48-21-11-4-12-22-48)50-33-28-46(63)29-34-50/h1-40H. The van der Waals surface area contributed by atoms with Gasteiger partial charge in [0.2, 0.25) is 0 Å². The molecule has 1 aliphatic rings. The third kappa shape index (κ3) is 6.21. The van der Waals surface area contributed by atoms with Crippen molar-refractivity contribution in [1.29, 1.82) is 0 Å². The van der Waals surface area contributed by atoms with Gasteiger partial charge in [-0.25, -0.2) is 8.78 Å². The molecule has 0 spiro atoms. The van der Waals surface area contributed by atoms with Crippen LogP contribution in [0.15, 0.2) is 243 Å². The molecule has 0 heterocycles. The summed E-state index contributed by atoms with van der Waals surface area (Å²) in [6, 6.07) is 83.0. The van der Waals surface area contributed by atoms with Gasteiger partial charge >= 0.3 is 0 Å². The maximum Gasteiger partial charge on any atom is 0.123 e. The Labute approximate surface area is 376 Å². The summed E-state index contributed by atoms with van der Waals surface area (Å²) >= 11 is 0. The van der Waals surface area contributed by atoms with Crippen LogP contribution < -0.4 is 9.80 Å². The third-order valence-electron chi connectivity index (χ3n) is 13.1. The van der Waals surface area contributed by atoms with Gasteiger partial charge < -0.3 is 9.80 Å². The fourth-order valence-electron chi connectivity index (χ4n) is 10.4. The Morgan fingerprint density at radius 2 is 0.754 bits per heavy atom. The van der Waals surface area contributed by atoms with Gasteiger partial charge in [-0.3, -0.25) is 0 Å². The minimum absolute atomic E-state index is 0.272. The van der Waals surface area contributed by atoms with E-state index in [4.69, 9.17) is 0 Å². The van der Waals surface area contributed by atoms with Gasteiger partial charge in [0.1, 0.15) is 11.6 Å². The lowest BCUT2D eigenvalue weighted by molar-refractivity contribution is 0.627. The first-order valence-electron chi connectivity index (χ1n) is 22.0. The Morgan fingerprint density at radius 3 is 1.31 bits per heavy atom. The van der Waals surface area contributed by atoms with Gasteiger partial charge in [-0.15, -0.1) is 0 Å². The number of anilines is 6. The van der Waals surface area contributed by atoms with Crippen LogP contribution in [0.5, 0.6) is 0 Å². The summed E-state index contributed by atoms with van der Waals surface area (Å²) < 4.78 is 28.7. The number of rotatable bonds is 8. The molecule has 0 radical (unpaired) electrons. The summed E-state index contributed by atoms with van der Waals surface area (Å²) in [6.45, 7) is 0. The molecular formula is C61H40F2N2. The highest BCUT2D eigenvalue weighted by Gasteiger charge is 2.48. The van der Waals surface area contributed by atoms with E-state index in [1.165, 1.54) is 63.0 Å². The van der Waals surface area contributed by atoms with Crippen molar-refractivity contribution in [2.24, 2.45) is 0 Å². The molecule has 0 bridgehead atoms. The van der Waals surface area contributed by atoms with Crippen molar-refractivity contribution in [3.05, 3.63) is 277 Å². The van der Waals surface area contributed by atoms with Crippen molar-refractivity contribution in [3.63, 3.8) is 0 Å². The molecule has 11 aromatic carbocycles. The summed E-state index contributed by atoms with van der Waals surface area (Å²) in [5, 5.41) is 6.86. The number of fused-ring (bicyclic) bond motifs is 9. The van der Waals surface area contributed by atoms with Crippen molar-refractivity contribution in [2.75, 3.05) is 9.80 Å². The van der Waals surface area contributed by atoms with Crippen molar-refractivity contribution >= 4 is 66.4 Å². The van der Waals surface area contributed by atoms with Crippen molar-refractivity contribution < 1.29 is 8.78 Å². The lowest BCUT2D eigenvalue weighted by Crippen LogP contribution is -2.29. The highest BCUT2D eigenvalue weighted by Crippen LogP contribution is 2.61. The van der Waals surface area contributed by atoms with Crippen molar-refractivity contribution in [2.45, 2.75) is 5.41 Å². The summed E-state index contributed by atoms with van der Waals surface area (Å²) in [7, 11) is 0. The van der Waals surface area contributed by atoms with Crippen LogP contribution in [0.2, 0.25) is 0 Å². The first-order chi connectivity index (χ1) is 32.1. The lowest BCUT2D eigenvalue weighted by atomic mass is 9.66. The molecule has 308 valence electrons. The molecule has 1 aliphatic carbocycles. The average molecular weight is 839 g/mol. The Hall–Kier alpha value is -8.34. The molecule has 0 amide bonds. The zero-order valence-corrected chi connectivity index (χ0v) is 35.2. The molecule has 0 fully saturated rings. The van der Waals surface area contributed by atoms with Crippen LogP contribution in [0, 0.1) is 11.6 Å². The maximum atomic E-state index is 14.4. The van der Waals surface area contributed by atoms with Crippen LogP contribution >= 0.6 is 0 Å². The molecule has 2 nitrogen and oxygen atoms in total. The smallest absolute Gasteiger partial charge is 0.123 e. The molecule has 0 saturated heterocycles. The van der Waals surface area contributed by atoms with E-state index in [0.29, 0.717) is 0 Å². The van der Waals surface area contributed by atoms with Gasteiger partial charge in [-0.1, -0.05) is 133 Å². The van der Waals surface area contributed by atoms with E-state index in [9.17, 15) is 8.78 Å². The van der Waals surface area contributed by atoms with E-state index in [-0.39, 0.29) is 11.6 Å². The second kappa shape index (κ2) is 15.5. The van der Waals surface area contributed by atoms with Gasteiger partial charge in [0, 0.05) is 34.1 Å². The number of hydrogen-bond acceptors (Lipinski definition) is 2. The normalized spacial score (nSPS) is 12.6. The first kappa shape index (κ1) is 38.3. The van der Waals surface area contributed by atoms with Crippen LogP contribution in [-0.2, 0) is 5.41 Å². The Balaban J connectivity index is 1.17. The van der Waals surface area contributed by atoms with E-state index in [0.717, 1.165) is 61.1 Å². The molecule has 65 heavy (non-hydrogen) atoms. The third-order valence-corrected chi connectivity index (χ3v) is 13.1. The quantitative estimate of drug-likeness (QED) is 0.141. The van der Waals surface area contributed by atoms with E-state index in [1.807, 2.05) is 60.7 Å². The van der Waals surface area contributed by atoms with Gasteiger partial charge in [0.25, 0.3) is 0 Å². The molecule has 0 aliphatic heterocycles. The Kier molecular flexibility index (Phi) is 9.13. The number of para-hydroxylation sites is 2. The lowest BCUT2D eigenvalue weighted by Gasteiger charge is -2.35. The molecule has 4 heteroatoms. The summed E-state index contributed by atoms with van der Waals surface area (Å²) in [6.07, 6.45) is 0. The molecular weight excluding hydrogens is 799 g/mol. The summed E-state index contributed by atoms with van der Waals surface area (Å²) in [5.41, 5.74) is 12.2. The highest BCUT2D eigenvalue weighted by molar-refractivity contribution is 6.20. The van der Waals surface area contributed by atoms with Crippen LogP contribution in [-0.4, -0.2) is 0 Å². The zero-order valence-electron chi connectivity index (χ0n) is 35.2. The molecule has 0 atom stereocenters. The predicted molar refractivity (Wildman–Crippen MR) is 266 cm³/mol. The molecule has 0 unspecified atom stereocenters. The Morgan fingerprint density at radius 1 is 0.308 bits per heavy atom. The summed E-state index contributed by atoms with van der Waals surface area (Å²) in [5.74, 6) is -0.545.